The van der Waals surface area contributed by atoms with Gasteiger partial charge in [0.05, 0.1) is 22.4 Å². The van der Waals surface area contributed by atoms with Gasteiger partial charge in [-0.3, -0.25) is 0 Å². The average molecular weight is 937 g/mol. The lowest BCUT2D eigenvalue weighted by molar-refractivity contribution is 1.36. The molecule has 2 nitrogen and oxygen atoms in total. The molecule has 13 aromatic carbocycles. The lowest BCUT2D eigenvalue weighted by Crippen LogP contribution is -1.94. The van der Waals surface area contributed by atoms with Gasteiger partial charge in [-0.05, 0) is 139 Å². The molecule has 0 amide bonds. The van der Waals surface area contributed by atoms with Crippen LogP contribution in [0.15, 0.2) is 267 Å². The number of nitrogens with zero attached hydrogens (tertiary/aromatic N) is 2. The van der Waals surface area contributed by atoms with Gasteiger partial charge in [0.25, 0.3) is 0 Å². The lowest BCUT2D eigenvalue weighted by Gasteiger charge is -2.21. The van der Waals surface area contributed by atoms with E-state index in [1.165, 1.54) is 104 Å². The van der Waals surface area contributed by atoms with E-state index in [1.54, 1.807) is 0 Å². The first-order chi connectivity index (χ1) is 36.7. The second kappa shape index (κ2) is 16.9. The number of benzene rings is 13. The summed E-state index contributed by atoms with van der Waals surface area (Å²) < 4.78 is 0. The van der Waals surface area contributed by atoms with Crippen LogP contribution in [0.4, 0.5) is 0 Å². The van der Waals surface area contributed by atoms with E-state index in [0.29, 0.717) is 0 Å². The van der Waals surface area contributed by atoms with Gasteiger partial charge in [-0.25, -0.2) is 9.97 Å². The van der Waals surface area contributed by atoms with Crippen molar-refractivity contribution in [3.63, 3.8) is 0 Å². The van der Waals surface area contributed by atoms with E-state index in [1.807, 2.05) is 6.07 Å². The minimum atomic E-state index is 0.908. The highest BCUT2D eigenvalue weighted by molar-refractivity contribution is 6.25. The van der Waals surface area contributed by atoms with E-state index in [4.69, 9.17) is 9.97 Å². The predicted molar refractivity (Wildman–Crippen MR) is 315 cm³/mol. The molecule has 2 heteroatoms. The smallest absolute Gasteiger partial charge is 0.0972 e. The zero-order valence-electron chi connectivity index (χ0n) is 40.3. The summed E-state index contributed by atoms with van der Waals surface area (Å²) in [6.45, 7) is 0. The Kier molecular flexibility index (Phi) is 9.61. The molecule has 15 aromatic rings. The van der Waals surface area contributed by atoms with E-state index >= 15 is 0 Å². The fraction of sp³-hybridized carbons (Fsp3) is 0. The van der Waals surface area contributed by atoms with Crippen LogP contribution in [-0.2, 0) is 0 Å². The minimum Gasteiger partial charge on any atom is -0.245 e. The van der Waals surface area contributed by atoms with Crippen molar-refractivity contribution in [2.75, 3.05) is 0 Å². The molecule has 0 aliphatic rings. The highest BCUT2D eigenvalue weighted by Gasteiger charge is 2.22. The van der Waals surface area contributed by atoms with Gasteiger partial charge in [0.2, 0.25) is 0 Å². The quantitative estimate of drug-likeness (QED) is 0.123. The summed E-state index contributed by atoms with van der Waals surface area (Å²) in [5, 5.41) is 16.9. The summed E-state index contributed by atoms with van der Waals surface area (Å²) in [5.41, 5.74) is 15.6. The van der Waals surface area contributed by atoms with Crippen molar-refractivity contribution < 1.29 is 0 Å². The summed E-state index contributed by atoms with van der Waals surface area (Å²) in [7, 11) is 0. The lowest BCUT2D eigenvalue weighted by atomic mass is 9.82. The summed E-state index contributed by atoms with van der Waals surface area (Å²) in [5.74, 6) is 0. The monoisotopic (exact) mass is 936 g/mol. The van der Waals surface area contributed by atoms with Gasteiger partial charge in [-0.1, -0.05) is 237 Å². The van der Waals surface area contributed by atoms with E-state index in [9.17, 15) is 0 Å². The summed E-state index contributed by atoms with van der Waals surface area (Å²) in [4.78, 5) is 10.5. The second-order valence-corrected chi connectivity index (χ2v) is 19.6. The van der Waals surface area contributed by atoms with Crippen LogP contribution < -0.4 is 0 Å². The molecule has 0 spiro atoms. The van der Waals surface area contributed by atoms with Crippen molar-refractivity contribution in [2.45, 2.75) is 0 Å². The predicted octanol–water partition coefficient (Wildman–Crippen LogP) is 19.7. The van der Waals surface area contributed by atoms with Gasteiger partial charge in [0, 0.05) is 21.9 Å². The molecule has 0 saturated carbocycles. The van der Waals surface area contributed by atoms with Gasteiger partial charge in [0.15, 0.2) is 0 Å². The molecule has 0 atom stereocenters. The van der Waals surface area contributed by atoms with Crippen molar-refractivity contribution in [1.82, 2.24) is 9.97 Å². The molecule has 0 radical (unpaired) electrons. The van der Waals surface area contributed by atoms with Crippen molar-refractivity contribution in [3.8, 4) is 67.0 Å². The van der Waals surface area contributed by atoms with Crippen molar-refractivity contribution >= 4 is 86.4 Å². The second-order valence-electron chi connectivity index (χ2n) is 19.6. The topological polar surface area (TPSA) is 25.8 Å². The molecule has 0 aliphatic carbocycles. The Hall–Kier alpha value is -9.76. The maximum absolute atomic E-state index is 5.30. The summed E-state index contributed by atoms with van der Waals surface area (Å²) in [6.07, 6.45) is 0. The van der Waals surface area contributed by atoms with Gasteiger partial charge >= 0.3 is 0 Å². The molecule has 0 saturated heterocycles. The Bertz CT molecular complexity index is 4710. The van der Waals surface area contributed by atoms with Gasteiger partial charge in [-0.15, -0.1) is 0 Å². The molecule has 0 fully saturated rings. The summed E-state index contributed by atoms with van der Waals surface area (Å²) in [6, 6.07) is 97.7. The van der Waals surface area contributed by atoms with E-state index in [2.05, 4.69) is 261 Å². The third-order valence-electron chi connectivity index (χ3n) is 15.4. The number of rotatable bonds is 6. The van der Waals surface area contributed by atoms with Gasteiger partial charge < -0.3 is 0 Å². The highest BCUT2D eigenvalue weighted by atomic mass is 14.8. The van der Waals surface area contributed by atoms with Crippen LogP contribution in [-0.4, -0.2) is 9.97 Å². The molecule has 2 heterocycles. The molecule has 0 unspecified atom stereocenters. The van der Waals surface area contributed by atoms with E-state index in [-0.39, 0.29) is 0 Å². The highest BCUT2D eigenvalue weighted by Crippen LogP contribution is 2.49. The molecule has 15 rings (SSSR count). The normalized spacial score (nSPS) is 11.8. The third kappa shape index (κ3) is 6.80. The molecule has 0 N–H and O–H groups in total. The molecule has 74 heavy (non-hydrogen) atoms. The van der Waals surface area contributed by atoms with Crippen molar-refractivity contribution in [3.05, 3.63) is 267 Å². The Labute approximate surface area is 428 Å². The Balaban J connectivity index is 0.913. The first kappa shape index (κ1) is 42.0. The average Bonchev–Trinajstić information content (AvgIpc) is 3.48. The number of aromatic nitrogens is 2. The number of hydrogen-bond donors (Lipinski definition) is 0. The van der Waals surface area contributed by atoms with Crippen molar-refractivity contribution in [2.24, 2.45) is 0 Å². The maximum Gasteiger partial charge on any atom is 0.0972 e. The first-order valence-electron chi connectivity index (χ1n) is 25.5. The number of fused-ring (bicyclic) bond motifs is 9. The molecule has 0 bridgehead atoms. The van der Waals surface area contributed by atoms with E-state index < -0.39 is 0 Å². The first-order valence-corrected chi connectivity index (χ1v) is 25.5. The van der Waals surface area contributed by atoms with Crippen LogP contribution in [0.1, 0.15) is 0 Å². The SMILES string of the molecule is c1ccc(-c2ccc3ccc4ccc(-c5ccc(-c6c7ccccc7c(-c7ccc8c(-c9ccc%10ccccc%10c9)c9ccccc9c(-c9ccc%10ccccc%10c9)c8c7)c7ccccc67)cc5)nc4c3n2)cc1. The Morgan fingerprint density at radius 1 is 0.176 bits per heavy atom. The minimum absolute atomic E-state index is 0.908. The van der Waals surface area contributed by atoms with Gasteiger partial charge in [-0.2, -0.15) is 0 Å². The number of hydrogen-bond acceptors (Lipinski definition) is 2. The third-order valence-corrected chi connectivity index (χ3v) is 15.4. The van der Waals surface area contributed by atoms with E-state index in [0.717, 1.165) is 49.9 Å². The zero-order valence-corrected chi connectivity index (χ0v) is 40.3. The summed E-state index contributed by atoms with van der Waals surface area (Å²) >= 11 is 0. The molecule has 342 valence electrons. The van der Waals surface area contributed by atoms with Crippen LogP contribution in [0.25, 0.3) is 153 Å². The van der Waals surface area contributed by atoms with Crippen LogP contribution in [0, 0.1) is 0 Å². The van der Waals surface area contributed by atoms with Gasteiger partial charge in [0.1, 0.15) is 0 Å². The molecular weight excluding hydrogens is 893 g/mol. The van der Waals surface area contributed by atoms with Crippen LogP contribution >= 0.6 is 0 Å². The van der Waals surface area contributed by atoms with Crippen LogP contribution in [0.2, 0.25) is 0 Å². The molecule has 2 aromatic heterocycles. The number of pyridine rings is 2. The largest absolute Gasteiger partial charge is 0.245 e. The standard InChI is InChI=1S/C72H44N2/c1-2-16-47(17-3-1)65-40-37-50-32-33-51-38-41-66(74-72(51)71(50)73-65)48-28-30-49(31-29-48)67-57-20-8-10-22-59(57)69(60-23-11-9-21-58(60)67)56-36-39-63-64(44-56)70(55-35-27-46-15-5-7-19-53(46)43-55)62-25-13-12-24-61(62)68(63)54-34-26-45-14-4-6-18-52(45)42-54/h1-44H. The van der Waals surface area contributed by atoms with Crippen LogP contribution in [0.3, 0.4) is 0 Å². The Morgan fingerprint density at radius 2 is 0.486 bits per heavy atom. The van der Waals surface area contributed by atoms with Crippen molar-refractivity contribution in [1.29, 1.82) is 0 Å². The Morgan fingerprint density at radius 3 is 0.973 bits per heavy atom. The molecular formula is C72H44N2. The fourth-order valence-electron chi connectivity index (χ4n) is 11.9. The molecule has 0 aliphatic heterocycles. The zero-order chi connectivity index (χ0) is 48.7. The van der Waals surface area contributed by atoms with Crippen LogP contribution in [0.5, 0.6) is 0 Å². The fourth-order valence-corrected chi connectivity index (χ4v) is 11.9. The maximum atomic E-state index is 5.30.